The number of amides is 1. The first-order valence-electron chi connectivity index (χ1n) is 8.63. The first kappa shape index (κ1) is 20.5. The van der Waals surface area contributed by atoms with E-state index in [9.17, 15) is 14.9 Å². The Morgan fingerprint density at radius 1 is 1.38 bits per heavy atom. The minimum atomic E-state index is -0.523. The Morgan fingerprint density at radius 3 is 2.58 bits per heavy atom. The summed E-state index contributed by atoms with van der Waals surface area (Å²) in [5.41, 5.74) is 0.974. The maximum Gasteiger partial charge on any atom is 0.410 e. The molecular weight excluding hydrogens is 358 g/mol. The molecule has 1 aliphatic rings. The van der Waals surface area contributed by atoms with Gasteiger partial charge in [0.1, 0.15) is 5.60 Å². The molecule has 1 heterocycles. The van der Waals surface area contributed by atoms with E-state index in [4.69, 9.17) is 16.3 Å². The molecule has 8 heteroatoms. The van der Waals surface area contributed by atoms with Crippen LogP contribution in [0.1, 0.15) is 38.8 Å². The summed E-state index contributed by atoms with van der Waals surface area (Å²) < 4.78 is 5.45. The van der Waals surface area contributed by atoms with Gasteiger partial charge in [0.15, 0.2) is 0 Å². The fourth-order valence-corrected chi connectivity index (χ4v) is 3.32. The Kier molecular flexibility index (Phi) is 6.13. The molecule has 0 bridgehead atoms. The van der Waals surface area contributed by atoms with Crippen molar-refractivity contribution in [3.63, 3.8) is 0 Å². The minimum absolute atomic E-state index is 0.00641. The summed E-state index contributed by atoms with van der Waals surface area (Å²) in [5.74, 6) is 0. The predicted octanol–water partition coefficient (Wildman–Crippen LogP) is 4.00. The van der Waals surface area contributed by atoms with E-state index in [0.29, 0.717) is 36.8 Å². The molecule has 7 nitrogen and oxygen atoms in total. The van der Waals surface area contributed by atoms with Gasteiger partial charge in [0, 0.05) is 48.9 Å². The van der Waals surface area contributed by atoms with Crippen LogP contribution in [0.15, 0.2) is 12.1 Å². The second-order valence-electron chi connectivity index (χ2n) is 7.72. The Labute approximate surface area is 159 Å². The van der Waals surface area contributed by atoms with Gasteiger partial charge in [0.05, 0.1) is 4.92 Å². The molecule has 2 rings (SSSR count). The zero-order chi connectivity index (χ0) is 19.6. The normalized spacial score (nSPS) is 18.7. The molecule has 0 aliphatic carbocycles. The van der Waals surface area contributed by atoms with Crippen LogP contribution in [-0.4, -0.2) is 52.1 Å². The van der Waals surface area contributed by atoms with Crippen LogP contribution < -0.4 is 0 Å². The maximum absolute atomic E-state index is 12.3. The lowest BCUT2D eigenvalue weighted by molar-refractivity contribution is -0.385. The van der Waals surface area contributed by atoms with Gasteiger partial charge >= 0.3 is 6.09 Å². The van der Waals surface area contributed by atoms with Crippen LogP contribution in [0.5, 0.6) is 0 Å². The Hall–Kier alpha value is -1.86. The van der Waals surface area contributed by atoms with Crippen LogP contribution in [-0.2, 0) is 11.3 Å². The number of benzene rings is 1. The van der Waals surface area contributed by atoms with Gasteiger partial charge in [0.2, 0.25) is 0 Å². The number of hydrogen-bond acceptors (Lipinski definition) is 5. The van der Waals surface area contributed by atoms with Crippen LogP contribution in [0.3, 0.4) is 0 Å². The number of nitro benzene ring substituents is 1. The van der Waals surface area contributed by atoms with Crippen molar-refractivity contribution in [3.8, 4) is 0 Å². The van der Waals surface area contributed by atoms with Crippen LogP contribution >= 0.6 is 11.6 Å². The number of piperazine rings is 1. The summed E-state index contributed by atoms with van der Waals surface area (Å²) in [6.45, 7) is 11.7. The highest BCUT2D eigenvalue weighted by Gasteiger charge is 2.31. The van der Waals surface area contributed by atoms with E-state index in [0.717, 1.165) is 5.56 Å². The summed E-state index contributed by atoms with van der Waals surface area (Å²) in [6.07, 6.45) is -0.306. The standard InChI is InChI=1S/C18H26ClN3O4/c1-12-10-20(6-7-21(12)17(23)26-18(3,4)5)11-14-8-15(19)9-16(13(14)2)22(24)25/h8-9,12H,6-7,10-11H2,1-5H3/t12-/m1/s1. The highest BCUT2D eigenvalue weighted by molar-refractivity contribution is 6.30. The molecule has 1 fully saturated rings. The van der Waals surface area contributed by atoms with E-state index in [-0.39, 0.29) is 17.8 Å². The molecular formula is C18H26ClN3O4. The zero-order valence-electron chi connectivity index (χ0n) is 15.9. The quantitative estimate of drug-likeness (QED) is 0.582. The van der Waals surface area contributed by atoms with Gasteiger partial charge in [-0.25, -0.2) is 4.79 Å². The van der Waals surface area contributed by atoms with Gasteiger partial charge in [-0.3, -0.25) is 15.0 Å². The molecule has 1 aromatic rings. The van der Waals surface area contributed by atoms with E-state index in [1.807, 2.05) is 27.7 Å². The van der Waals surface area contributed by atoms with E-state index >= 15 is 0 Å². The molecule has 1 atom stereocenters. The van der Waals surface area contributed by atoms with Crippen molar-refractivity contribution < 1.29 is 14.5 Å². The van der Waals surface area contributed by atoms with Crippen molar-refractivity contribution >= 4 is 23.4 Å². The molecule has 0 spiro atoms. The lowest BCUT2D eigenvalue weighted by Gasteiger charge is -2.40. The second kappa shape index (κ2) is 7.80. The summed E-state index contributed by atoms with van der Waals surface area (Å²) >= 11 is 6.05. The van der Waals surface area contributed by atoms with Gasteiger partial charge in [-0.15, -0.1) is 0 Å². The molecule has 0 radical (unpaired) electrons. The van der Waals surface area contributed by atoms with Crippen LogP contribution in [0.2, 0.25) is 5.02 Å². The van der Waals surface area contributed by atoms with Crippen molar-refractivity contribution in [2.24, 2.45) is 0 Å². The summed E-state index contributed by atoms with van der Waals surface area (Å²) in [5, 5.41) is 11.5. The fourth-order valence-electron chi connectivity index (χ4n) is 3.08. The monoisotopic (exact) mass is 383 g/mol. The first-order chi connectivity index (χ1) is 12.0. The fraction of sp³-hybridized carbons (Fsp3) is 0.611. The number of carbonyl (C=O) groups excluding carboxylic acids is 1. The van der Waals surface area contributed by atoms with Crippen molar-refractivity contribution in [1.82, 2.24) is 9.80 Å². The Morgan fingerprint density at radius 2 is 2.04 bits per heavy atom. The molecule has 144 valence electrons. The number of hydrogen-bond donors (Lipinski definition) is 0. The highest BCUT2D eigenvalue weighted by Crippen LogP contribution is 2.28. The van der Waals surface area contributed by atoms with E-state index < -0.39 is 10.5 Å². The average molecular weight is 384 g/mol. The lowest BCUT2D eigenvalue weighted by atomic mass is 10.1. The number of carbonyl (C=O) groups is 1. The first-order valence-corrected chi connectivity index (χ1v) is 9.01. The summed E-state index contributed by atoms with van der Waals surface area (Å²) in [4.78, 5) is 27.0. The Bertz CT molecular complexity index is 702. The maximum atomic E-state index is 12.3. The van der Waals surface area contributed by atoms with Crippen molar-refractivity contribution in [3.05, 3.63) is 38.4 Å². The molecule has 0 aromatic heterocycles. The van der Waals surface area contributed by atoms with Gasteiger partial charge < -0.3 is 9.64 Å². The molecule has 0 N–H and O–H groups in total. The van der Waals surface area contributed by atoms with E-state index in [2.05, 4.69) is 4.90 Å². The number of nitrogens with zero attached hydrogens (tertiary/aromatic N) is 3. The molecule has 1 saturated heterocycles. The van der Waals surface area contributed by atoms with Crippen molar-refractivity contribution in [2.75, 3.05) is 19.6 Å². The number of halogens is 1. The molecule has 1 amide bonds. The zero-order valence-corrected chi connectivity index (χ0v) is 16.7. The van der Waals surface area contributed by atoms with E-state index in [1.54, 1.807) is 17.9 Å². The van der Waals surface area contributed by atoms with Crippen LogP contribution in [0.4, 0.5) is 10.5 Å². The molecule has 0 saturated carbocycles. The summed E-state index contributed by atoms with van der Waals surface area (Å²) in [6, 6.07) is 3.14. The minimum Gasteiger partial charge on any atom is -0.444 e. The third kappa shape index (κ3) is 5.08. The molecule has 1 aliphatic heterocycles. The number of nitro groups is 1. The summed E-state index contributed by atoms with van der Waals surface area (Å²) in [7, 11) is 0. The number of rotatable bonds is 3. The second-order valence-corrected chi connectivity index (χ2v) is 8.16. The van der Waals surface area contributed by atoms with Crippen LogP contribution in [0.25, 0.3) is 0 Å². The van der Waals surface area contributed by atoms with Gasteiger partial charge in [0.25, 0.3) is 5.69 Å². The topological polar surface area (TPSA) is 75.9 Å². The SMILES string of the molecule is Cc1c(CN2CCN(C(=O)OC(C)(C)C)[C@H](C)C2)cc(Cl)cc1[N+](=O)[O-]. The molecule has 26 heavy (non-hydrogen) atoms. The smallest absolute Gasteiger partial charge is 0.410 e. The van der Waals surface area contributed by atoms with Crippen molar-refractivity contribution in [2.45, 2.75) is 52.8 Å². The third-order valence-corrected chi connectivity index (χ3v) is 4.60. The predicted molar refractivity (Wildman–Crippen MR) is 101 cm³/mol. The van der Waals surface area contributed by atoms with Gasteiger partial charge in [-0.1, -0.05) is 11.6 Å². The lowest BCUT2D eigenvalue weighted by Crippen LogP contribution is -2.54. The Balaban J connectivity index is 2.06. The largest absolute Gasteiger partial charge is 0.444 e. The van der Waals surface area contributed by atoms with Gasteiger partial charge in [-0.05, 0) is 46.2 Å². The highest BCUT2D eigenvalue weighted by atomic mass is 35.5. The molecule has 1 aromatic carbocycles. The van der Waals surface area contributed by atoms with Crippen LogP contribution in [0, 0.1) is 17.0 Å². The van der Waals surface area contributed by atoms with Gasteiger partial charge in [-0.2, -0.15) is 0 Å². The number of ether oxygens (including phenoxy) is 1. The third-order valence-electron chi connectivity index (χ3n) is 4.38. The average Bonchev–Trinajstić information content (AvgIpc) is 2.48. The van der Waals surface area contributed by atoms with Crippen molar-refractivity contribution in [1.29, 1.82) is 0 Å². The van der Waals surface area contributed by atoms with E-state index in [1.165, 1.54) is 6.07 Å². The molecule has 0 unspecified atom stereocenters.